The maximum absolute atomic E-state index is 5.35. The third-order valence-electron chi connectivity index (χ3n) is 0.499. The molecule has 1 atom stereocenters. The van der Waals surface area contributed by atoms with Gasteiger partial charge in [0.2, 0.25) is 0 Å². The van der Waals surface area contributed by atoms with Crippen LogP contribution in [0.15, 0.2) is 0 Å². The van der Waals surface area contributed by atoms with E-state index in [9.17, 15) is 0 Å². The van der Waals surface area contributed by atoms with E-state index in [1.165, 1.54) is 0 Å². The molecule has 0 aliphatic heterocycles. The van der Waals surface area contributed by atoms with Crippen LogP contribution < -0.4 is 5.73 Å². The van der Waals surface area contributed by atoms with Gasteiger partial charge in [-0.3, -0.25) is 4.67 Å². The SMILES string of the molecule is CC(C)(C)N.CCN(C)P. The lowest BCUT2D eigenvalue weighted by Gasteiger charge is -2.06. The molecular formula is C7H21N2P. The molecule has 1 unspecified atom stereocenters. The van der Waals surface area contributed by atoms with E-state index in [1.54, 1.807) is 0 Å². The van der Waals surface area contributed by atoms with Gasteiger partial charge in [-0.2, -0.15) is 0 Å². The van der Waals surface area contributed by atoms with Gasteiger partial charge in [0, 0.05) is 5.54 Å². The van der Waals surface area contributed by atoms with E-state index < -0.39 is 0 Å². The molecule has 0 heterocycles. The minimum absolute atomic E-state index is 0. The van der Waals surface area contributed by atoms with Gasteiger partial charge in [0.05, 0.1) is 0 Å². The summed E-state index contributed by atoms with van der Waals surface area (Å²) in [5.74, 6) is 0. The molecule has 2 N–H and O–H groups in total. The Morgan fingerprint density at radius 2 is 1.50 bits per heavy atom. The zero-order valence-corrected chi connectivity index (χ0v) is 8.96. The third-order valence-corrected chi connectivity index (χ3v) is 0.864. The van der Waals surface area contributed by atoms with Crippen LogP contribution in [0.3, 0.4) is 0 Å². The first-order chi connectivity index (χ1) is 4.27. The lowest BCUT2D eigenvalue weighted by atomic mass is 10.1. The second-order valence-corrected chi connectivity index (χ2v) is 4.32. The Labute approximate surface area is 67.4 Å². The lowest BCUT2D eigenvalue weighted by Crippen LogP contribution is -2.26. The maximum Gasteiger partial charge on any atom is 0.00686 e. The fourth-order valence-corrected chi connectivity index (χ4v) is 0. The molecule has 10 heavy (non-hydrogen) atoms. The predicted molar refractivity (Wildman–Crippen MR) is 52.0 cm³/mol. The third kappa shape index (κ3) is 81.7. The molecule has 3 heteroatoms. The van der Waals surface area contributed by atoms with E-state index in [2.05, 4.69) is 16.3 Å². The molecular weight excluding hydrogens is 143 g/mol. The van der Waals surface area contributed by atoms with Crippen molar-refractivity contribution in [2.24, 2.45) is 5.73 Å². The number of rotatable bonds is 1. The Bertz CT molecular complexity index is 60.5. The van der Waals surface area contributed by atoms with Crippen LogP contribution in [-0.2, 0) is 0 Å². The molecule has 0 bridgehead atoms. The number of nitrogens with zero attached hydrogens (tertiary/aromatic N) is 1. The summed E-state index contributed by atoms with van der Waals surface area (Å²) in [6, 6.07) is 0. The van der Waals surface area contributed by atoms with E-state index in [1.807, 2.05) is 32.5 Å². The molecule has 0 fully saturated rings. The summed E-state index contributed by atoms with van der Waals surface area (Å²) in [6.07, 6.45) is 0. The Hall–Kier alpha value is 0.350. The maximum atomic E-state index is 5.35. The Balaban J connectivity index is 0. The van der Waals surface area contributed by atoms with E-state index >= 15 is 0 Å². The normalized spacial score (nSPS) is 10.8. The van der Waals surface area contributed by atoms with Gasteiger partial charge in [0.25, 0.3) is 0 Å². The number of hydrogen-bond donors (Lipinski definition) is 1. The molecule has 0 saturated carbocycles. The second kappa shape index (κ2) is 6.09. The standard InChI is InChI=1S/C4H11N.C3H10NP/c1-4(2,3)5;1-3-4(2)5/h5H2,1-3H3;3,5H2,1-2H3. The molecule has 0 amide bonds. The first-order valence-electron chi connectivity index (χ1n) is 3.52. The number of hydrogen-bond acceptors (Lipinski definition) is 2. The summed E-state index contributed by atoms with van der Waals surface area (Å²) in [4.78, 5) is 0. The Kier molecular flexibility index (Phi) is 7.90. The molecule has 0 aromatic rings. The average molecular weight is 164 g/mol. The lowest BCUT2D eigenvalue weighted by molar-refractivity contribution is 0.580. The smallest absolute Gasteiger partial charge is 0.00686 e. The van der Waals surface area contributed by atoms with Crippen LogP contribution in [0.25, 0.3) is 0 Å². The fourth-order valence-electron chi connectivity index (χ4n) is 0. The molecule has 0 aromatic heterocycles. The molecule has 0 radical (unpaired) electrons. The highest BCUT2D eigenvalue weighted by Crippen LogP contribution is 1.88. The summed E-state index contributed by atoms with van der Waals surface area (Å²) in [5, 5.41) is 0. The quantitative estimate of drug-likeness (QED) is 0.595. The van der Waals surface area contributed by atoms with Gasteiger partial charge < -0.3 is 5.73 Å². The monoisotopic (exact) mass is 164 g/mol. The zero-order chi connectivity index (χ0) is 8.78. The summed E-state index contributed by atoms with van der Waals surface area (Å²) in [6.45, 7) is 9.10. The van der Waals surface area contributed by atoms with E-state index in [0.29, 0.717) is 0 Å². The molecule has 0 spiro atoms. The Morgan fingerprint density at radius 3 is 1.50 bits per heavy atom. The van der Waals surface area contributed by atoms with Crippen LogP contribution in [0.1, 0.15) is 27.7 Å². The van der Waals surface area contributed by atoms with Gasteiger partial charge in [-0.1, -0.05) is 16.3 Å². The van der Waals surface area contributed by atoms with Crippen LogP contribution in [0.4, 0.5) is 0 Å². The number of nitrogens with two attached hydrogens (primary N) is 1. The molecule has 64 valence electrons. The highest BCUT2D eigenvalue weighted by molar-refractivity contribution is 7.13. The van der Waals surface area contributed by atoms with Crippen molar-refractivity contribution >= 4 is 9.39 Å². The van der Waals surface area contributed by atoms with Gasteiger partial charge in [-0.25, -0.2) is 0 Å². The first-order valence-corrected chi connectivity index (χ1v) is 4.03. The fraction of sp³-hybridized carbons (Fsp3) is 1.00. The zero-order valence-electron chi connectivity index (χ0n) is 7.81. The molecule has 2 nitrogen and oxygen atoms in total. The average Bonchev–Trinajstić information content (AvgIpc) is 1.61. The van der Waals surface area contributed by atoms with E-state index in [0.717, 1.165) is 6.54 Å². The minimum atomic E-state index is 0. The minimum Gasteiger partial charge on any atom is -0.326 e. The molecule has 0 rings (SSSR count). The van der Waals surface area contributed by atoms with Crippen LogP contribution in [0, 0.1) is 0 Å². The molecule has 0 aliphatic rings. The van der Waals surface area contributed by atoms with Gasteiger partial charge in [-0.15, -0.1) is 0 Å². The van der Waals surface area contributed by atoms with Crippen LogP contribution >= 0.6 is 9.39 Å². The van der Waals surface area contributed by atoms with Gasteiger partial charge >= 0.3 is 0 Å². The highest BCUT2D eigenvalue weighted by atomic mass is 31.0. The van der Waals surface area contributed by atoms with Gasteiger partial charge in [0.1, 0.15) is 0 Å². The summed E-state index contributed by atoms with van der Waals surface area (Å²) >= 11 is 0. The molecule has 0 saturated heterocycles. The van der Waals surface area contributed by atoms with Crippen molar-refractivity contribution in [1.82, 2.24) is 4.67 Å². The molecule has 0 aliphatic carbocycles. The van der Waals surface area contributed by atoms with Crippen molar-refractivity contribution < 1.29 is 0 Å². The summed E-state index contributed by atoms with van der Waals surface area (Å²) in [5.41, 5.74) is 5.35. The van der Waals surface area contributed by atoms with Gasteiger partial charge in [-0.05, 0) is 34.4 Å². The van der Waals surface area contributed by atoms with Crippen LogP contribution in [0.5, 0.6) is 0 Å². The first kappa shape index (κ1) is 13.0. The Morgan fingerprint density at radius 1 is 1.40 bits per heavy atom. The van der Waals surface area contributed by atoms with Crippen molar-refractivity contribution in [1.29, 1.82) is 0 Å². The molecule has 0 aromatic carbocycles. The van der Waals surface area contributed by atoms with Crippen molar-refractivity contribution in [2.75, 3.05) is 13.6 Å². The van der Waals surface area contributed by atoms with Crippen molar-refractivity contribution in [2.45, 2.75) is 33.2 Å². The summed E-state index contributed by atoms with van der Waals surface area (Å²) in [7, 11) is 4.59. The van der Waals surface area contributed by atoms with E-state index in [4.69, 9.17) is 5.73 Å². The van der Waals surface area contributed by atoms with Crippen molar-refractivity contribution in [3.05, 3.63) is 0 Å². The van der Waals surface area contributed by atoms with Crippen LogP contribution in [-0.4, -0.2) is 23.8 Å². The largest absolute Gasteiger partial charge is 0.326 e. The topological polar surface area (TPSA) is 29.3 Å². The van der Waals surface area contributed by atoms with Crippen molar-refractivity contribution in [3.8, 4) is 0 Å². The van der Waals surface area contributed by atoms with Crippen LogP contribution in [0.2, 0.25) is 0 Å². The van der Waals surface area contributed by atoms with Gasteiger partial charge in [0.15, 0.2) is 0 Å². The van der Waals surface area contributed by atoms with E-state index in [-0.39, 0.29) is 5.54 Å². The summed E-state index contributed by atoms with van der Waals surface area (Å²) < 4.78 is 2.04. The predicted octanol–water partition coefficient (Wildman–Crippen LogP) is 1.47. The second-order valence-electron chi connectivity index (χ2n) is 3.44. The van der Waals surface area contributed by atoms with Crippen molar-refractivity contribution in [3.63, 3.8) is 0 Å². The highest BCUT2D eigenvalue weighted by Gasteiger charge is 1.95.